The zero-order chi connectivity index (χ0) is 23.0. The Morgan fingerprint density at radius 3 is 2.45 bits per heavy atom. The fourth-order valence-corrected chi connectivity index (χ4v) is 4.30. The summed E-state index contributed by atoms with van der Waals surface area (Å²) in [6.07, 6.45) is 4.07. The predicted molar refractivity (Wildman–Crippen MR) is 118 cm³/mol. The molecule has 6 nitrogen and oxygen atoms in total. The van der Waals surface area contributed by atoms with Gasteiger partial charge in [0, 0.05) is 24.9 Å². The molecular formula is C24H36FN3O3. The van der Waals surface area contributed by atoms with Crippen LogP contribution < -0.4 is 11.1 Å². The molecule has 1 heterocycles. The quantitative estimate of drug-likeness (QED) is 0.592. The number of carbonyl (C=O) groups excluding carboxylic acids is 3. The highest BCUT2D eigenvalue weighted by atomic mass is 19.1. The van der Waals surface area contributed by atoms with Gasteiger partial charge in [0.25, 0.3) is 0 Å². The first-order chi connectivity index (χ1) is 14.7. The molecule has 3 N–H and O–H groups in total. The minimum Gasteiger partial charge on any atom is -0.369 e. The third-order valence-corrected chi connectivity index (χ3v) is 5.90. The summed E-state index contributed by atoms with van der Waals surface area (Å²) in [5.41, 5.74) is 6.46. The van der Waals surface area contributed by atoms with Gasteiger partial charge in [0.15, 0.2) is 0 Å². The van der Waals surface area contributed by atoms with E-state index < -0.39 is 23.8 Å². The molecule has 0 spiro atoms. The first-order valence-electron chi connectivity index (χ1n) is 11.4. The van der Waals surface area contributed by atoms with E-state index in [4.69, 9.17) is 5.73 Å². The second-order valence-electron chi connectivity index (χ2n) is 8.98. The molecule has 1 fully saturated rings. The Kier molecular flexibility index (Phi) is 9.46. The summed E-state index contributed by atoms with van der Waals surface area (Å²) in [5, 5.41) is 2.93. The fraction of sp³-hybridized carbons (Fsp3) is 0.625. The standard InChI is InChI=1S/C24H36FN3O3/c1-4-7-19(22(26)29)20(14-16(2)3)23(30)27-21-8-5-6-13-28(24(21)31)15-17-9-11-18(25)12-10-17/h9-12,16,19-21H,4-8,13-15H2,1-3H3,(H2,26,29)(H,27,30)/t19?,20?,21-/m0/s1. The van der Waals surface area contributed by atoms with E-state index >= 15 is 0 Å². The van der Waals surface area contributed by atoms with Crippen LogP contribution in [-0.2, 0) is 20.9 Å². The fourth-order valence-electron chi connectivity index (χ4n) is 4.30. The van der Waals surface area contributed by atoms with Crippen LogP contribution in [0, 0.1) is 23.6 Å². The number of benzene rings is 1. The van der Waals surface area contributed by atoms with Gasteiger partial charge < -0.3 is 16.0 Å². The normalized spacial score (nSPS) is 19.1. The third kappa shape index (κ3) is 7.33. The van der Waals surface area contributed by atoms with Crippen molar-refractivity contribution in [1.29, 1.82) is 0 Å². The van der Waals surface area contributed by atoms with Gasteiger partial charge in [0.2, 0.25) is 17.7 Å². The van der Waals surface area contributed by atoms with Crippen LogP contribution in [0.15, 0.2) is 24.3 Å². The lowest BCUT2D eigenvalue weighted by atomic mass is 9.81. The van der Waals surface area contributed by atoms with Gasteiger partial charge in [-0.25, -0.2) is 4.39 Å². The summed E-state index contributed by atoms with van der Waals surface area (Å²) in [5.74, 6) is -2.05. The van der Waals surface area contributed by atoms with Crippen LogP contribution in [0.4, 0.5) is 4.39 Å². The summed E-state index contributed by atoms with van der Waals surface area (Å²) in [6, 6.07) is 5.47. The lowest BCUT2D eigenvalue weighted by Gasteiger charge is -2.29. The van der Waals surface area contributed by atoms with Crippen LogP contribution in [0.5, 0.6) is 0 Å². The van der Waals surface area contributed by atoms with Crippen molar-refractivity contribution < 1.29 is 18.8 Å². The SMILES string of the molecule is CCCC(C(N)=O)C(CC(C)C)C(=O)N[C@H]1CCCCN(Cc2ccc(F)cc2)C1=O. The Bertz CT molecular complexity index is 751. The van der Waals surface area contributed by atoms with Crippen molar-refractivity contribution in [2.24, 2.45) is 23.5 Å². The van der Waals surface area contributed by atoms with Crippen molar-refractivity contribution in [2.45, 2.75) is 71.9 Å². The Morgan fingerprint density at radius 2 is 1.87 bits per heavy atom. The minimum atomic E-state index is -0.625. The van der Waals surface area contributed by atoms with Gasteiger partial charge in [-0.15, -0.1) is 0 Å². The van der Waals surface area contributed by atoms with E-state index in [1.165, 1.54) is 12.1 Å². The van der Waals surface area contributed by atoms with E-state index in [1.54, 1.807) is 17.0 Å². The number of halogens is 1. The molecule has 3 amide bonds. The summed E-state index contributed by atoms with van der Waals surface area (Å²) in [6.45, 7) is 6.94. The molecule has 0 saturated carbocycles. The number of primary amides is 1. The van der Waals surface area contributed by atoms with E-state index in [0.29, 0.717) is 32.4 Å². The average molecular weight is 434 g/mol. The van der Waals surface area contributed by atoms with Crippen molar-refractivity contribution in [1.82, 2.24) is 10.2 Å². The highest BCUT2D eigenvalue weighted by molar-refractivity contribution is 5.91. The number of hydrogen-bond donors (Lipinski definition) is 2. The number of likely N-dealkylation sites (tertiary alicyclic amines) is 1. The predicted octanol–water partition coefficient (Wildman–Crippen LogP) is 3.39. The summed E-state index contributed by atoms with van der Waals surface area (Å²) >= 11 is 0. The number of nitrogens with one attached hydrogen (secondary N) is 1. The van der Waals surface area contributed by atoms with E-state index in [0.717, 1.165) is 24.8 Å². The molecule has 2 rings (SSSR count). The van der Waals surface area contributed by atoms with Crippen molar-refractivity contribution in [3.63, 3.8) is 0 Å². The zero-order valence-electron chi connectivity index (χ0n) is 18.9. The monoisotopic (exact) mass is 433 g/mol. The summed E-state index contributed by atoms with van der Waals surface area (Å²) < 4.78 is 13.2. The minimum absolute atomic E-state index is 0.135. The topological polar surface area (TPSA) is 92.5 Å². The lowest BCUT2D eigenvalue weighted by Crippen LogP contribution is -2.50. The Balaban J connectivity index is 2.14. The molecule has 2 unspecified atom stereocenters. The summed E-state index contributed by atoms with van der Waals surface area (Å²) in [7, 11) is 0. The number of nitrogens with zero attached hydrogens (tertiary/aromatic N) is 1. The smallest absolute Gasteiger partial charge is 0.245 e. The van der Waals surface area contributed by atoms with E-state index in [9.17, 15) is 18.8 Å². The molecule has 0 bridgehead atoms. The molecule has 0 aromatic heterocycles. The van der Waals surface area contributed by atoms with Gasteiger partial charge in [-0.1, -0.05) is 39.3 Å². The largest absolute Gasteiger partial charge is 0.369 e. The maximum Gasteiger partial charge on any atom is 0.245 e. The van der Waals surface area contributed by atoms with Gasteiger partial charge in [0.1, 0.15) is 11.9 Å². The molecular weight excluding hydrogens is 397 g/mol. The van der Waals surface area contributed by atoms with E-state index in [1.807, 2.05) is 20.8 Å². The Morgan fingerprint density at radius 1 is 1.19 bits per heavy atom. The molecule has 7 heteroatoms. The molecule has 1 aliphatic heterocycles. The third-order valence-electron chi connectivity index (χ3n) is 5.90. The lowest BCUT2D eigenvalue weighted by molar-refractivity contribution is -0.139. The van der Waals surface area contributed by atoms with Gasteiger partial charge in [-0.05, 0) is 55.7 Å². The molecule has 1 aromatic carbocycles. The molecule has 0 aliphatic carbocycles. The van der Waals surface area contributed by atoms with E-state index in [2.05, 4.69) is 5.32 Å². The van der Waals surface area contributed by atoms with E-state index in [-0.39, 0.29) is 23.5 Å². The second kappa shape index (κ2) is 11.8. The van der Waals surface area contributed by atoms with Crippen LogP contribution in [0.1, 0.15) is 64.9 Å². The summed E-state index contributed by atoms with van der Waals surface area (Å²) in [4.78, 5) is 40.1. The van der Waals surface area contributed by atoms with Crippen molar-refractivity contribution in [2.75, 3.05) is 6.54 Å². The number of amides is 3. The van der Waals surface area contributed by atoms with Crippen molar-refractivity contribution >= 4 is 17.7 Å². The highest BCUT2D eigenvalue weighted by Gasteiger charge is 2.35. The zero-order valence-corrected chi connectivity index (χ0v) is 18.9. The Hall–Kier alpha value is -2.44. The first-order valence-corrected chi connectivity index (χ1v) is 11.4. The average Bonchev–Trinajstić information content (AvgIpc) is 2.88. The van der Waals surface area contributed by atoms with Crippen LogP contribution >= 0.6 is 0 Å². The van der Waals surface area contributed by atoms with Gasteiger partial charge in [-0.3, -0.25) is 14.4 Å². The number of rotatable bonds is 10. The van der Waals surface area contributed by atoms with Crippen molar-refractivity contribution in [3.05, 3.63) is 35.6 Å². The molecule has 1 aliphatic rings. The maximum absolute atomic E-state index is 13.2. The van der Waals surface area contributed by atoms with Crippen LogP contribution in [0.3, 0.4) is 0 Å². The molecule has 172 valence electrons. The second-order valence-corrected chi connectivity index (χ2v) is 8.98. The first kappa shape index (κ1) is 24.8. The molecule has 1 aromatic rings. The van der Waals surface area contributed by atoms with Crippen LogP contribution in [0.2, 0.25) is 0 Å². The molecule has 1 saturated heterocycles. The highest BCUT2D eigenvalue weighted by Crippen LogP contribution is 2.26. The number of nitrogens with two attached hydrogens (primary N) is 1. The van der Waals surface area contributed by atoms with Gasteiger partial charge in [0.05, 0.1) is 0 Å². The molecule has 31 heavy (non-hydrogen) atoms. The van der Waals surface area contributed by atoms with Gasteiger partial charge >= 0.3 is 0 Å². The van der Waals surface area contributed by atoms with Crippen LogP contribution in [0.25, 0.3) is 0 Å². The van der Waals surface area contributed by atoms with Crippen LogP contribution in [-0.4, -0.2) is 35.2 Å². The van der Waals surface area contributed by atoms with Crippen molar-refractivity contribution in [3.8, 4) is 0 Å². The molecule has 0 radical (unpaired) electrons. The number of hydrogen-bond acceptors (Lipinski definition) is 3. The molecule has 3 atom stereocenters. The maximum atomic E-state index is 13.2. The number of carbonyl (C=O) groups is 3. The van der Waals surface area contributed by atoms with Gasteiger partial charge in [-0.2, -0.15) is 0 Å². The Labute approximate surface area is 184 Å².